The highest BCUT2D eigenvalue weighted by Gasteiger charge is 2.13. The fourth-order valence-electron chi connectivity index (χ4n) is 2.86. The molecule has 3 heterocycles. The number of aromatic nitrogens is 1. The quantitative estimate of drug-likeness (QED) is 0.463. The summed E-state index contributed by atoms with van der Waals surface area (Å²) >= 11 is 1.48. The molecular formula is C20H12N2O2S. The van der Waals surface area contributed by atoms with Gasteiger partial charge in [0.05, 0.1) is 5.56 Å². The van der Waals surface area contributed by atoms with Crippen molar-refractivity contribution < 1.29 is 8.83 Å². The van der Waals surface area contributed by atoms with Gasteiger partial charge in [-0.3, -0.25) is 5.41 Å². The molecule has 5 aromatic rings. The molecule has 5 rings (SSSR count). The predicted octanol–water partition coefficient (Wildman–Crippen LogP) is 5.45. The lowest BCUT2D eigenvalue weighted by molar-refractivity contribution is 0.536. The number of rotatable bonds is 2. The second kappa shape index (κ2) is 5.43. The molecule has 0 radical (unpaired) electrons. The van der Waals surface area contributed by atoms with Crippen LogP contribution in [0.2, 0.25) is 0 Å². The molecule has 0 aliphatic heterocycles. The van der Waals surface area contributed by atoms with Crippen molar-refractivity contribution in [3.63, 3.8) is 0 Å². The molecule has 5 heteroatoms. The fourth-order valence-corrected chi connectivity index (χ4v) is 3.68. The van der Waals surface area contributed by atoms with Gasteiger partial charge in [0.1, 0.15) is 21.9 Å². The number of furan rings is 1. The maximum absolute atomic E-state index is 8.17. The van der Waals surface area contributed by atoms with Crippen LogP contribution in [0.25, 0.3) is 44.0 Å². The van der Waals surface area contributed by atoms with E-state index in [4.69, 9.17) is 14.2 Å². The third-order valence-corrected chi connectivity index (χ3v) is 4.96. The zero-order valence-electron chi connectivity index (χ0n) is 13.0. The van der Waals surface area contributed by atoms with Crippen molar-refractivity contribution in [1.29, 1.82) is 5.41 Å². The maximum Gasteiger partial charge on any atom is 0.222 e. The summed E-state index contributed by atoms with van der Waals surface area (Å²) in [5, 5.41) is 12.9. The van der Waals surface area contributed by atoms with Gasteiger partial charge in [0, 0.05) is 16.2 Å². The SMILES string of the molecule is N=c1oc2ccccc2cc1-c1nc(-c2cc3ccccc3o2)cs1. The van der Waals surface area contributed by atoms with Crippen LogP contribution in [-0.4, -0.2) is 4.98 Å². The van der Waals surface area contributed by atoms with Gasteiger partial charge in [-0.15, -0.1) is 11.3 Å². The summed E-state index contributed by atoms with van der Waals surface area (Å²) in [5.41, 5.74) is 3.11. The molecule has 0 amide bonds. The summed E-state index contributed by atoms with van der Waals surface area (Å²) in [5.74, 6) is 0.730. The Labute approximate surface area is 146 Å². The highest BCUT2D eigenvalue weighted by atomic mass is 32.1. The van der Waals surface area contributed by atoms with Crippen LogP contribution in [0.4, 0.5) is 0 Å². The Bertz CT molecular complexity index is 1250. The van der Waals surface area contributed by atoms with E-state index in [1.54, 1.807) is 0 Å². The second-order valence-corrected chi connectivity index (χ2v) is 6.57. The largest absolute Gasteiger partial charge is 0.454 e. The molecule has 4 nitrogen and oxygen atoms in total. The van der Waals surface area contributed by atoms with E-state index in [2.05, 4.69) is 4.98 Å². The Morgan fingerprint density at radius 3 is 2.28 bits per heavy atom. The Morgan fingerprint density at radius 1 is 0.840 bits per heavy atom. The number of hydrogen-bond donors (Lipinski definition) is 1. The van der Waals surface area contributed by atoms with Gasteiger partial charge in [-0.2, -0.15) is 0 Å². The van der Waals surface area contributed by atoms with Crippen LogP contribution < -0.4 is 5.55 Å². The topological polar surface area (TPSA) is 63.0 Å². The van der Waals surface area contributed by atoms with Crippen LogP contribution in [0, 0.1) is 5.41 Å². The van der Waals surface area contributed by atoms with Crippen molar-refractivity contribution in [2.24, 2.45) is 0 Å². The number of benzene rings is 2. The molecule has 0 atom stereocenters. The van der Waals surface area contributed by atoms with Crippen molar-refractivity contribution in [2.75, 3.05) is 0 Å². The molecule has 1 N–H and O–H groups in total. The van der Waals surface area contributed by atoms with E-state index in [1.807, 2.05) is 66.0 Å². The van der Waals surface area contributed by atoms with Gasteiger partial charge in [-0.05, 0) is 24.3 Å². The Hall–Kier alpha value is -3.18. The average molecular weight is 344 g/mol. The molecule has 0 saturated carbocycles. The van der Waals surface area contributed by atoms with E-state index in [-0.39, 0.29) is 5.55 Å². The van der Waals surface area contributed by atoms with Crippen LogP contribution >= 0.6 is 11.3 Å². The van der Waals surface area contributed by atoms with E-state index >= 15 is 0 Å². The summed E-state index contributed by atoms with van der Waals surface area (Å²) in [7, 11) is 0. The highest BCUT2D eigenvalue weighted by molar-refractivity contribution is 7.13. The van der Waals surface area contributed by atoms with Crippen LogP contribution in [-0.2, 0) is 0 Å². The number of thiazole rings is 1. The Balaban J connectivity index is 1.62. The van der Waals surface area contributed by atoms with E-state index in [1.165, 1.54) is 11.3 Å². The van der Waals surface area contributed by atoms with E-state index < -0.39 is 0 Å². The maximum atomic E-state index is 8.17. The normalized spacial score (nSPS) is 11.4. The lowest BCUT2D eigenvalue weighted by Gasteiger charge is -2.00. The predicted molar refractivity (Wildman–Crippen MR) is 98.4 cm³/mol. The molecule has 0 aliphatic rings. The first-order chi connectivity index (χ1) is 12.3. The fraction of sp³-hybridized carbons (Fsp3) is 0. The molecule has 0 spiro atoms. The highest BCUT2D eigenvalue weighted by Crippen LogP contribution is 2.32. The minimum Gasteiger partial charge on any atom is -0.454 e. The molecule has 0 fully saturated rings. The molecule has 120 valence electrons. The molecule has 0 bridgehead atoms. The monoisotopic (exact) mass is 344 g/mol. The first kappa shape index (κ1) is 14.2. The number of fused-ring (bicyclic) bond motifs is 2. The summed E-state index contributed by atoms with van der Waals surface area (Å²) in [4.78, 5) is 4.66. The van der Waals surface area contributed by atoms with Gasteiger partial charge >= 0.3 is 0 Å². The smallest absolute Gasteiger partial charge is 0.222 e. The van der Waals surface area contributed by atoms with Gasteiger partial charge in [0.15, 0.2) is 5.76 Å². The number of para-hydroxylation sites is 2. The van der Waals surface area contributed by atoms with Gasteiger partial charge in [0.25, 0.3) is 0 Å². The summed E-state index contributed by atoms with van der Waals surface area (Å²) in [6.07, 6.45) is 0. The molecule has 0 saturated heterocycles. The minimum atomic E-state index is 0.115. The number of nitrogens with zero attached hydrogens (tertiary/aromatic N) is 1. The molecule has 2 aromatic carbocycles. The van der Waals surface area contributed by atoms with E-state index in [9.17, 15) is 0 Å². The van der Waals surface area contributed by atoms with E-state index in [0.29, 0.717) is 11.1 Å². The Kier molecular flexibility index (Phi) is 3.08. The van der Waals surface area contributed by atoms with Gasteiger partial charge < -0.3 is 8.83 Å². The molecule has 0 aliphatic carbocycles. The second-order valence-electron chi connectivity index (χ2n) is 5.71. The van der Waals surface area contributed by atoms with Crippen LogP contribution in [0.15, 0.2) is 74.9 Å². The molecule has 3 aromatic heterocycles. The standard InChI is InChI=1S/C20H12N2O2S/c21-19-14(9-12-5-1-4-8-17(12)24-19)20-22-15(11-25-20)18-10-13-6-2-3-7-16(13)23-18/h1-11,21H. The summed E-state index contributed by atoms with van der Waals surface area (Å²) in [6, 6.07) is 19.5. The third kappa shape index (κ3) is 2.37. The van der Waals surface area contributed by atoms with E-state index in [0.717, 1.165) is 32.8 Å². The minimum absolute atomic E-state index is 0.115. The first-order valence-electron chi connectivity index (χ1n) is 7.80. The average Bonchev–Trinajstić information content (AvgIpc) is 3.28. The molecule has 0 unspecified atom stereocenters. The van der Waals surface area contributed by atoms with Crippen LogP contribution in [0.3, 0.4) is 0 Å². The van der Waals surface area contributed by atoms with Gasteiger partial charge in [-0.25, -0.2) is 4.98 Å². The molecular weight excluding hydrogens is 332 g/mol. The van der Waals surface area contributed by atoms with Crippen molar-refractivity contribution in [1.82, 2.24) is 4.98 Å². The van der Waals surface area contributed by atoms with Gasteiger partial charge in [-0.1, -0.05) is 36.4 Å². The lowest BCUT2D eigenvalue weighted by atomic mass is 10.2. The Morgan fingerprint density at radius 2 is 1.52 bits per heavy atom. The van der Waals surface area contributed by atoms with Crippen molar-refractivity contribution in [3.05, 3.63) is 71.6 Å². The summed E-state index contributed by atoms with van der Waals surface area (Å²) in [6.45, 7) is 0. The summed E-state index contributed by atoms with van der Waals surface area (Å²) < 4.78 is 11.5. The van der Waals surface area contributed by atoms with Gasteiger partial charge in [0.2, 0.25) is 5.55 Å². The van der Waals surface area contributed by atoms with Crippen molar-refractivity contribution in [3.8, 4) is 22.0 Å². The first-order valence-corrected chi connectivity index (χ1v) is 8.68. The number of hydrogen-bond acceptors (Lipinski definition) is 5. The zero-order valence-corrected chi connectivity index (χ0v) is 13.8. The third-order valence-electron chi connectivity index (χ3n) is 4.09. The van der Waals surface area contributed by atoms with Crippen molar-refractivity contribution in [2.45, 2.75) is 0 Å². The lowest BCUT2D eigenvalue weighted by Crippen LogP contribution is -2.02. The van der Waals surface area contributed by atoms with Crippen LogP contribution in [0.5, 0.6) is 0 Å². The zero-order chi connectivity index (χ0) is 16.8. The molecule has 25 heavy (non-hydrogen) atoms. The van der Waals surface area contributed by atoms with Crippen molar-refractivity contribution >= 4 is 33.3 Å². The van der Waals surface area contributed by atoms with Crippen LogP contribution in [0.1, 0.15) is 0 Å². The number of nitrogens with one attached hydrogen (secondary N) is 1.